The number of carbonyl (C=O) groups excluding carboxylic acids is 1. The molecule has 1 aliphatic rings. The molecular formula is C24H30O4Si. The van der Waals surface area contributed by atoms with Crippen molar-refractivity contribution in [3.8, 4) is 0 Å². The first-order valence-electron chi connectivity index (χ1n) is 10.1. The number of hydrogen-bond donors (Lipinski definition) is 0. The zero-order valence-corrected chi connectivity index (χ0v) is 18.4. The van der Waals surface area contributed by atoms with Crippen LogP contribution in [0, 0.1) is 0 Å². The number of rotatable bonds is 7. The van der Waals surface area contributed by atoms with Crippen molar-refractivity contribution in [3.63, 3.8) is 0 Å². The molecule has 29 heavy (non-hydrogen) atoms. The lowest BCUT2D eigenvalue weighted by atomic mass is 10.1. The predicted octanol–water partition coefficient (Wildman–Crippen LogP) is 5.01. The summed E-state index contributed by atoms with van der Waals surface area (Å²) in [7, 11) is -0.175. The summed E-state index contributed by atoms with van der Waals surface area (Å²) < 4.78 is 17.1. The lowest BCUT2D eigenvalue weighted by Crippen LogP contribution is -2.35. The Morgan fingerprint density at radius 1 is 1.07 bits per heavy atom. The minimum Gasteiger partial charge on any atom is -0.469 e. The van der Waals surface area contributed by atoms with Gasteiger partial charge >= 0.3 is 5.97 Å². The Bertz CT molecular complexity index is 804. The molecule has 4 nitrogen and oxygen atoms in total. The van der Waals surface area contributed by atoms with Gasteiger partial charge in [-0.05, 0) is 6.04 Å². The average Bonchev–Trinajstić information content (AvgIpc) is 2.73. The van der Waals surface area contributed by atoms with Crippen molar-refractivity contribution in [2.24, 2.45) is 0 Å². The van der Waals surface area contributed by atoms with Crippen molar-refractivity contribution >= 4 is 14.0 Å². The van der Waals surface area contributed by atoms with E-state index in [2.05, 4.69) is 55.2 Å². The summed E-state index contributed by atoms with van der Waals surface area (Å²) in [6, 6.07) is 21.6. The van der Waals surface area contributed by atoms with Crippen molar-refractivity contribution in [2.75, 3.05) is 7.11 Å². The van der Waals surface area contributed by atoms with Crippen molar-refractivity contribution in [1.82, 2.24) is 0 Å². The fourth-order valence-electron chi connectivity index (χ4n) is 3.58. The molecule has 154 valence electrons. The molecule has 2 aromatic rings. The monoisotopic (exact) mass is 410 g/mol. The number of benzene rings is 2. The van der Waals surface area contributed by atoms with Crippen LogP contribution in [-0.2, 0) is 25.0 Å². The third-order valence-corrected chi connectivity index (χ3v) is 7.48. The number of esters is 1. The zero-order chi connectivity index (χ0) is 20.7. The maximum atomic E-state index is 11.8. The van der Waals surface area contributed by atoms with E-state index in [9.17, 15) is 4.79 Å². The summed E-state index contributed by atoms with van der Waals surface area (Å²) in [6.07, 6.45) is 2.26. The van der Waals surface area contributed by atoms with Crippen LogP contribution in [0.1, 0.15) is 30.3 Å². The van der Waals surface area contributed by atoms with E-state index in [1.165, 1.54) is 12.7 Å². The van der Waals surface area contributed by atoms with Gasteiger partial charge in [-0.3, -0.25) is 4.79 Å². The van der Waals surface area contributed by atoms with Gasteiger partial charge in [0.2, 0.25) is 0 Å². The van der Waals surface area contributed by atoms with Gasteiger partial charge in [-0.2, -0.15) is 0 Å². The molecule has 0 bridgehead atoms. The van der Waals surface area contributed by atoms with Gasteiger partial charge in [-0.15, -0.1) is 0 Å². The molecule has 0 N–H and O–H groups in total. The van der Waals surface area contributed by atoms with Crippen LogP contribution in [0.15, 0.2) is 72.4 Å². The van der Waals surface area contributed by atoms with Gasteiger partial charge < -0.3 is 14.2 Å². The van der Waals surface area contributed by atoms with E-state index in [0.717, 1.165) is 11.6 Å². The number of ether oxygens (including phenoxy) is 3. The second kappa shape index (κ2) is 10.0. The first-order chi connectivity index (χ1) is 13.9. The van der Waals surface area contributed by atoms with Gasteiger partial charge in [0.1, 0.15) is 0 Å². The smallest absolute Gasteiger partial charge is 0.308 e. The van der Waals surface area contributed by atoms with Crippen LogP contribution in [0.3, 0.4) is 0 Å². The van der Waals surface area contributed by atoms with Gasteiger partial charge in [0, 0.05) is 12.0 Å². The summed E-state index contributed by atoms with van der Waals surface area (Å²) in [5.41, 5.74) is 4.68. The second-order valence-corrected chi connectivity index (χ2v) is 12.9. The standard InChI is InChI=1S/C24H30O4Si/c1-26-23(25)17-22-16-21(27-24(28-22)20-12-8-5-9-13-20)14-15-29(2,3)18-19-10-6-4-7-11-19/h4-15,21-22,24H,16-18H2,1-3H3/b15-14+/t21-,22-,24-/m0/s1. The highest BCUT2D eigenvalue weighted by Crippen LogP contribution is 2.32. The number of carbonyl (C=O) groups is 1. The summed E-state index contributed by atoms with van der Waals surface area (Å²) in [5, 5.41) is 0. The minimum absolute atomic E-state index is 0.0915. The van der Waals surface area contributed by atoms with E-state index in [1.54, 1.807) is 0 Å². The quantitative estimate of drug-likeness (QED) is 0.475. The van der Waals surface area contributed by atoms with Crippen molar-refractivity contribution in [2.45, 2.75) is 50.5 Å². The third kappa shape index (κ3) is 6.67. The van der Waals surface area contributed by atoms with Gasteiger partial charge in [-0.1, -0.05) is 91.1 Å². The summed E-state index contributed by atoms with van der Waals surface area (Å²) in [6.45, 7) is 4.72. The molecule has 1 fully saturated rings. The van der Waals surface area contributed by atoms with E-state index >= 15 is 0 Å². The van der Waals surface area contributed by atoms with Crippen LogP contribution >= 0.6 is 0 Å². The van der Waals surface area contributed by atoms with E-state index in [1.807, 2.05) is 30.3 Å². The molecule has 1 heterocycles. The lowest BCUT2D eigenvalue weighted by Gasteiger charge is -2.35. The zero-order valence-electron chi connectivity index (χ0n) is 17.4. The Morgan fingerprint density at radius 2 is 1.72 bits per heavy atom. The summed E-state index contributed by atoms with van der Waals surface area (Å²) in [5.74, 6) is -0.259. The molecule has 0 saturated carbocycles. The highest BCUT2D eigenvalue weighted by atomic mass is 28.3. The van der Waals surface area contributed by atoms with Gasteiger partial charge in [0.15, 0.2) is 6.29 Å². The van der Waals surface area contributed by atoms with Gasteiger partial charge in [0.05, 0.1) is 33.8 Å². The Balaban J connectivity index is 1.71. The van der Waals surface area contributed by atoms with Crippen LogP contribution in [0.2, 0.25) is 13.1 Å². The maximum absolute atomic E-state index is 11.8. The molecule has 1 aliphatic heterocycles. The van der Waals surface area contributed by atoms with E-state index in [4.69, 9.17) is 14.2 Å². The van der Waals surface area contributed by atoms with Gasteiger partial charge in [0.25, 0.3) is 0 Å². The lowest BCUT2D eigenvalue weighted by molar-refractivity contribution is -0.238. The molecule has 3 rings (SSSR count). The molecule has 0 aromatic heterocycles. The Kier molecular flexibility index (Phi) is 7.42. The maximum Gasteiger partial charge on any atom is 0.308 e. The Labute approximate surface area is 174 Å². The third-order valence-electron chi connectivity index (χ3n) is 5.07. The molecule has 5 heteroatoms. The normalized spacial score (nSPS) is 22.5. The molecule has 2 aromatic carbocycles. The fourth-order valence-corrected chi connectivity index (χ4v) is 5.72. The number of methoxy groups -OCH3 is 1. The molecule has 0 radical (unpaired) electrons. The van der Waals surface area contributed by atoms with Crippen LogP contribution in [0.5, 0.6) is 0 Å². The largest absolute Gasteiger partial charge is 0.469 e. The van der Waals surface area contributed by atoms with Gasteiger partial charge in [-0.25, -0.2) is 0 Å². The minimum atomic E-state index is -1.58. The average molecular weight is 411 g/mol. The highest BCUT2D eigenvalue weighted by Gasteiger charge is 2.32. The Hall–Kier alpha value is -2.21. The van der Waals surface area contributed by atoms with Crippen molar-refractivity contribution in [1.29, 1.82) is 0 Å². The summed E-state index contributed by atoms with van der Waals surface area (Å²) >= 11 is 0. The predicted molar refractivity (Wildman–Crippen MR) is 117 cm³/mol. The van der Waals surface area contributed by atoms with Crippen LogP contribution < -0.4 is 0 Å². The number of hydrogen-bond acceptors (Lipinski definition) is 4. The van der Waals surface area contributed by atoms with Crippen molar-refractivity contribution in [3.05, 3.63) is 83.6 Å². The van der Waals surface area contributed by atoms with E-state index in [0.29, 0.717) is 6.42 Å². The molecule has 3 atom stereocenters. The van der Waals surface area contributed by atoms with Crippen LogP contribution in [-0.4, -0.2) is 33.4 Å². The van der Waals surface area contributed by atoms with E-state index < -0.39 is 14.4 Å². The molecular weight excluding hydrogens is 380 g/mol. The van der Waals surface area contributed by atoms with Crippen LogP contribution in [0.4, 0.5) is 0 Å². The Morgan fingerprint density at radius 3 is 2.38 bits per heavy atom. The first-order valence-corrected chi connectivity index (χ1v) is 13.4. The van der Waals surface area contributed by atoms with E-state index in [-0.39, 0.29) is 24.6 Å². The highest BCUT2D eigenvalue weighted by molar-refractivity contribution is 6.81. The fraction of sp³-hybridized carbons (Fsp3) is 0.375. The molecule has 0 amide bonds. The first kappa shape index (κ1) is 21.5. The molecule has 0 unspecified atom stereocenters. The second-order valence-electron chi connectivity index (χ2n) is 8.20. The molecule has 0 spiro atoms. The van der Waals surface area contributed by atoms with Crippen molar-refractivity contribution < 1.29 is 19.0 Å². The molecule has 0 aliphatic carbocycles. The SMILES string of the molecule is COC(=O)C[C@@H]1C[C@H](/C=C/[Si](C)(C)Cc2ccccc2)O[C@H](c2ccccc2)O1. The summed E-state index contributed by atoms with van der Waals surface area (Å²) in [4.78, 5) is 11.8. The molecule has 1 saturated heterocycles. The van der Waals surface area contributed by atoms with Crippen LogP contribution in [0.25, 0.3) is 0 Å². The topological polar surface area (TPSA) is 44.8 Å².